The lowest BCUT2D eigenvalue weighted by Gasteiger charge is -2.19. The zero-order valence-corrected chi connectivity index (χ0v) is 6.68. The molecule has 0 aliphatic rings. The summed E-state index contributed by atoms with van der Waals surface area (Å²) < 4.78 is 4.92. The van der Waals surface area contributed by atoms with Crippen LogP contribution in [0.1, 0.15) is 20.8 Å². The van der Waals surface area contributed by atoms with Crippen molar-refractivity contribution in [1.82, 2.24) is 0 Å². The van der Waals surface area contributed by atoms with Crippen LogP contribution in [0.3, 0.4) is 0 Å². The topological polar surface area (TPSA) is 26.3 Å². The lowest BCUT2D eigenvalue weighted by molar-refractivity contribution is -0.147. The van der Waals surface area contributed by atoms with Crippen LogP contribution < -0.4 is 0 Å². The van der Waals surface area contributed by atoms with E-state index in [1.54, 1.807) is 26.8 Å². The van der Waals surface area contributed by atoms with Gasteiger partial charge in [-0.3, -0.25) is 4.79 Å². The molecule has 0 N–H and O–H groups in total. The number of hydrogen-bond acceptors (Lipinski definition) is 2. The molecule has 0 aromatic carbocycles. The average molecular weight is 141 g/mol. The monoisotopic (exact) mass is 141 g/mol. The van der Waals surface area contributed by atoms with Crippen LogP contribution in [0.5, 0.6) is 0 Å². The summed E-state index contributed by atoms with van der Waals surface area (Å²) in [4.78, 5) is 10.7. The minimum absolute atomic E-state index is 0.315. The molecule has 57 valence electrons. The van der Waals surface area contributed by atoms with E-state index >= 15 is 0 Å². The van der Waals surface area contributed by atoms with Crippen molar-refractivity contribution in [1.29, 1.82) is 0 Å². The molecule has 0 spiro atoms. The van der Waals surface area contributed by atoms with Gasteiger partial charge in [-0.1, -0.05) is 13.5 Å². The van der Waals surface area contributed by atoms with Gasteiger partial charge in [0.1, 0.15) is 5.60 Å². The van der Waals surface area contributed by atoms with Gasteiger partial charge < -0.3 is 4.74 Å². The Balaban J connectivity index is 3.88. The van der Waals surface area contributed by atoms with Gasteiger partial charge in [0.05, 0.1) is 6.42 Å². The largest absolute Gasteiger partial charge is 0.455 e. The third-order valence-electron chi connectivity index (χ3n) is 1.09. The molecular formula is C8H13O2. The highest BCUT2D eigenvalue weighted by Gasteiger charge is 2.16. The molecule has 0 saturated carbocycles. The number of rotatable bonds is 3. The summed E-state index contributed by atoms with van der Waals surface area (Å²) in [7, 11) is 0. The van der Waals surface area contributed by atoms with Gasteiger partial charge in [-0.15, -0.1) is 0 Å². The second-order valence-corrected chi connectivity index (χ2v) is 2.52. The smallest absolute Gasteiger partial charge is 0.310 e. The molecule has 0 unspecified atom stereocenters. The van der Waals surface area contributed by atoms with Crippen LogP contribution in [0.15, 0.2) is 12.7 Å². The van der Waals surface area contributed by atoms with E-state index in [2.05, 4.69) is 6.58 Å². The molecule has 0 rings (SSSR count). The van der Waals surface area contributed by atoms with Crippen molar-refractivity contribution in [2.75, 3.05) is 0 Å². The van der Waals surface area contributed by atoms with Gasteiger partial charge in [-0.05, 0) is 19.9 Å². The Morgan fingerprint density at radius 2 is 2.10 bits per heavy atom. The minimum atomic E-state index is -0.552. The molecule has 0 fully saturated rings. The Morgan fingerprint density at radius 3 is 2.40 bits per heavy atom. The lowest BCUT2D eigenvalue weighted by Crippen LogP contribution is -2.24. The molecule has 0 saturated heterocycles. The Labute approximate surface area is 61.9 Å². The quantitative estimate of drug-likeness (QED) is 0.442. The Hall–Kier alpha value is -0.790. The predicted octanol–water partition coefficient (Wildman–Crippen LogP) is 1.72. The normalized spacial score (nSPS) is 10.7. The number of ether oxygens (including phenoxy) is 1. The molecule has 1 radical (unpaired) electrons. The van der Waals surface area contributed by atoms with E-state index in [-0.39, 0.29) is 5.97 Å². The van der Waals surface area contributed by atoms with E-state index in [9.17, 15) is 4.79 Å². The minimum Gasteiger partial charge on any atom is -0.455 e. The van der Waals surface area contributed by atoms with E-state index in [1.807, 2.05) is 0 Å². The first-order valence-corrected chi connectivity index (χ1v) is 3.18. The highest BCUT2D eigenvalue weighted by molar-refractivity contribution is 5.78. The van der Waals surface area contributed by atoms with Gasteiger partial charge in [0.15, 0.2) is 0 Å². The Bertz CT molecular complexity index is 136. The third kappa shape index (κ3) is 3.28. The van der Waals surface area contributed by atoms with Gasteiger partial charge in [0.2, 0.25) is 0 Å². The summed E-state index contributed by atoms with van der Waals surface area (Å²) >= 11 is 0. The van der Waals surface area contributed by atoms with E-state index in [1.165, 1.54) is 6.42 Å². The van der Waals surface area contributed by atoms with E-state index in [0.29, 0.717) is 0 Å². The maximum atomic E-state index is 10.7. The van der Waals surface area contributed by atoms with E-state index in [0.717, 1.165) is 0 Å². The van der Waals surface area contributed by atoms with Crippen LogP contribution in [-0.2, 0) is 9.53 Å². The second-order valence-electron chi connectivity index (χ2n) is 2.52. The fourth-order valence-electron chi connectivity index (χ4n) is 0.360. The molecule has 0 heterocycles. The maximum Gasteiger partial charge on any atom is 0.310 e. The molecule has 0 atom stereocenters. The Morgan fingerprint density at radius 1 is 1.60 bits per heavy atom. The fourth-order valence-corrected chi connectivity index (χ4v) is 0.360. The fraction of sp³-hybridized carbons (Fsp3) is 0.500. The van der Waals surface area contributed by atoms with Gasteiger partial charge in [-0.2, -0.15) is 0 Å². The summed E-state index contributed by atoms with van der Waals surface area (Å²) in [5, 5.41) is 0. The van der Waals surface area contributed by atoms with Crippen molar-refractivity contribution in [2.45, 2.75) is 26.4 Å². The van der Waals surface area contributed by atoms with Gasteiger partial charge >= 0.3 is 5.97 Å². The van der Waals surface area contributed by atoms with Crippen molar-refractivity contribution < 1.29 is 9.53 Å². The molecule has 0 aliphatic heterocycles. The number of carbonyl (C=O) groups is 1. The van der Waals surface area contributed by atoms with Crippen LogP contribution in [0.25, 0.3) is 0 Å². The second kappa shape index (κ2) is 3.40. The molecule has 0 aromatic rings. The van der Waals surface area contributed by atoms with Gasteiger partial charge in [0.25, 0.3) is 0 Å². The van der Waals surface area contributed by atoms with Crippen molar-refractivity contribution in [2.24, 2.45) is 0 Å². The van der Waals surface area contributed by atoms with E-state index in [4.69, 9.17) is 4.74 Å². The summed E-state index contributed by atoms with van der Waals surface area (Å²) in [5.74, 6) is -0.315. The van der Waals surface area contributed by atoms with Crippen molar-refractivity contribution in [3.05, 3.63) is 19.1 Å². The Kier molecular flexibility index (Phi) is 3.13. The number of esters is 1. The van der Waals surface area contributed by atoms with Crippen LogP contribution in [0, 0.1) is 6.42 Å². The van der Waals surface area contributed by atoms with Crippen LogP contribution in [0.4, 0.5) is 0 Å². The maximum absolute atomic E-state index is 10.7. The van der Waals surface area contributed by atoms with Crippen molar-refractivity contribution >= 4 is 5.97 Å². The standard InChI is InChI=1S/C8H13O2/c1-5-7(9)10-8(3,4)6-2/h5-6H,2H2,1,3-4H3. The lowest BCUT2D eigenvalue weighted by atomic mass is 10.1. The highest BCUT2D eigenvalue weighted by atomic mass is 16.6. The summed E-state index contributed by atoms with van der Waals surface area (Å²) in [6.45, 7) is 8.73. The first-order valence-electron chi connectivity index (χ1n) is 3.18. The molecule has 2 heteroatoms. The molecule has 0 bridgehead atoms. The van der Waals surface area contributed by atoms with Gasteiger partial charge in [-0.25, -0.2) is 0 Å². The van der Waals surface area contributed by atoms with Gasteiger partial charge in [0, 0.05) is 0 Å². The molecule has 0 aliphatic carbocycles. The van der Waals surface area contributed by atoms with Crippen LogP contribution in [0.2, 0.25) is 0 Å². The summed E-state index contributed by atoms with van der Waals surface area (Å²) in [6, 6.07) is 0. The first kappa shape index (κ1) is 9.21. The van der Waals surface area contributed by atoms with Crippen molar-refractivity contribution in [3.8, 4) is 0 Å². The zero-order chi connectivity index (χ0) is 8.20. The van der Waals surface area contributed by atoms with Crippen LogP contribution >= 0.6 is 0 Å². The molecular weight excluding hydrogens is 128 g/mol. The highest BCUT2D eigenvalue weighted by Crippen LogP contribution is 2.10. The molecule has 0 amide bonds. The van der Waals surface area contributed by atoms with Crippen molar-refractivity contribution in [3.63, 3.8) is 0 Å². The predicted molar refractivity (Wildman–Crippen MR) is 40.3 cm³/mol. The average Bonchev–Trinajstić information content (AvgIpc) is 1.87. The number of hydrogen-bond donors (Lipinski definition) is 0. The SMILES string of the molecule is C=CC(C)(C)OC(=O)[CH]C. The summed E-state index contributed by atoms with van der Waals surface area (Å²) in [6.07, 6.45) is 2.97. The van der Waals surface area contributed by atoms with E-state index < -0.39 is 5.60 Å². The summed E-state index contributed by atoms with van der Waals surface area (Å²) in [5.41, 5.74) is -0.552. The molecule has 2 nitrogen and oxygen atoms in total. The third-order valence-corrected chi connectivity index (χ3v) is 1.09. The first-order chi connectivity index (χ1) is 4.52. The zero-order valence-electron chi connectivity index (χ0n) is 6.68. The van der Waals surface area contributed by atoms with Crippen LogP contribution in [-0.4, -0.2) is 11.6 Å². The molecule has 0 aromatic heterocycles. The number of carbonyl (C=O) groups excluding carboxylic acids is 1. The molecule has 10 heavy (non-hydrogen) atoms.